The van der Waals surface area contributed by atoms with E-state index in [1.807, 2.05) is 12.4 Å². The summed E-state index contributed by atoms with van der Waals surface area (Å²) in [7, 11) is 0. The number of amides is 1. The molecule has 1 N–H and O–H groups in total. The van der Waals surface area contributed by atoms with Gasteiger partial charge >= 0.3 is 0 Å². The first-order valence-electron chi connectivity index (χ1n) is 7.30. The zero-order valence-corrected chi connectivity index (χ0v) is 11.9. The van der Waals surface area contributed by atoms with Gasteiger partial charge in [-0.15, -0.1) is 5.10 Å². The van der Waals surface area contributed by atoms with Crippen LogP contribution in [-0.2, 0) is 16.8 Å². The third-order valence-electron chi connectivity index (χ3n) is 4.25. The van der Waals surface area contributed by atoms with Crippen LogP contribution in [0.1, 0.15) is 31.2 Å². The highest BCUT2D eigenvalue weighted by Gasteiger charge is 2.35. The zero-order chi connectivity index (χ0) is 14.5. The maximum atomic E-state index is 12.0. The quantitative estimate of drug-likeness (QED) is 0.898. The Morgan fingerprint density at radius 2 is 2.00 bits per heavy atom. The van der Waals surface area contributed by atoms with Crippen LogP contribution in [0.25, 0.3) is 0 Å². The fraction of sp³-hybridized carbons (Fsp3) is 0.467. The van der Waals surface area contributed by atoms with Crippen LogP contribution in [0, 0.1) is 0 Å². The van der Waals surface area contributed by atoms with E-state index in [0.29, 0.717) is 6.54 Å². The minimum atomic E-state index is -0.0270. The Bertz CT molecular complexity index is 575. The molecule has 110 valence electrons. The summed E-state index contributed by atoms with van der Waals surface area (Å²) in [6.45, 7) is 0.886. The van der Waals surface area contributed by atoms with Crippen molar-refractivity contribution in [2.75, 3.05) is 6.54 Å². The number of hydrogen-bond donors (Lipinski definition) is 1. The van der Waals surface area contributed by atoms with Crippen LogP contribution in [0.5, 0.6) is 0 Å². The molecule has 2 aromatic rings. The van der Waals surface area contributed by atoms with Crippen molar-refractivity contribution in [2.24, 2.45) is 0 Å². The van der Waals surface area contributed by atoms with Gasteiger partial charge in [-0.3, -0.25) is 9.78 Å². The Kier molecular flexibility index (Phi) is 3.94. The summed E-state index contributed by atoms with van der Waals surface area (Å²) in [5.41, 5.74) is 1.33. The van der Waals surface area contributed by atoms with Crippen molar-refractivity contribution in [1.29, 1.82) is 0 Å². The molecule has 1 amide bonds. The largest absolute Gasteiger partial charge is 0.354 e. The predicted molar refractivity (Wildman–Crippen MR) is 77.4 cm³/mol. The summed E-state index contributed by atoms with van der Waals surface area (Å²) in [5.74, 6) is -0.0270. The van der Waals surface area contributed by atoms with Gasteiger partial charge in [0, 0.05) is 30.6 Å². The van der Waals surface area contributed by atoms with Gasteiger partial charge in [-0.2, -0.15) is 0 Å². The Morgan fingerprint density at radius 1 is 1.24 bits per heavy atom. The standard InChI is InChI=1S/C15H19N5O/c21-14(11-20-10-9-18-19-20)17-12-15(5-1-2-6-15)13-3-7-16-8-4-13/h3-4,7-10H,1-2,5-6,11-12H2,(H,17,21). The fourth-order valence-corrected chi connectivity index (χ4v) is 3.11. The normalized spacial score (nSPS) is 16.8. The van der Waals surface area contributed by atoms with Crippen LogP contribution in [0.15, 0.2) is 36.9 Å². The molecule has 3 rings (SSSR count). The van der Waals surface area contributed by atoms with Crippen molar-refractivity contribution < 1.29 is 4.79 Å². The Labute approximate surface area is 123 Å². The topological polar surface area (TPSA) is 72.7 Å². The highest BCUT2D eigenvalue weighted by molar-refractivity contribution is 5.75. The van der Waals surface area contributed by atoms with E-state index in [-0.39, 0.29) is 17.9 Å². The average molecular weight is 285 g/mol. The summed E-state index contributed by atoms with van der Waals surface area (Å²) < 4.78 is 1.53. The first-order valence-corrected chi connectivity index (χ1v) is 7.30. The summed E-state index contributed by atoms with van der Waals surface area (Å²) in [5, 5.41) is 10.6. The van der Waals surface area contributed by atoms with Crippen LogP contribution in [-0.4, -0.2) is 32.4 Å². The van der Waals surface area contributed by atoms with Crippen LogP contribution in [0.2, 0.25) is 0 Å². The fourth-order valence-electron chi connectivity index (χ4n) is 3.11. The van der Waals surface area contributed by atoms with Gasteiger partial charge in [0.2, 0.25) is 5.91 Å². The number of carbonyl (C=O) groups is 1. The zero-order valence-electron chi connectivity index (χ0n) is 11.9. The maximum Gasteiger partial charge on any atom is 0.241 e. The number of carbonyl (C=O) groups excluding carboxylic acids is 1. The van der Waals surface area contributed by atoms with Crippen molar-refractivity contribution in [3.63, 3.8) is 0 Å². The van der Waals surface area contributed by atoms with Crippen molar-refractivity contribution in [2.45, 2.75) is 37.6 Å². The molecule has 0 bridgehead atoms. The first-order chi connectivity index (χ1) is 10.3. The lowest BCUT2D eigenvalue weighted by Gasteiger charge is -2.29. The summed E-state index contributed by atoms with van der Waals surface area (Å²) in [6.07, 6.45) is 11.6. The predicted octanol–water partition coefficient (Wildman–Crippen LogP) is 1.30. The van der Waals surface area contributed by atoms with Crippen molar-refractivity contribution in [1.82, 2.24) is 25.3 Å². The monoisotopic (exact) mass is 285 g/mol. The maximum absolute atomic E-state index is 12.0. The van der Waals surface area contributed by atoms with E-state index in [9.17, 15) is 4.79 Å². The lowest BCUT2D eigenvalue weighted by Crippen LogP contribution is -2.40. The third-order valence-corrected chi connectivity index (χ3v) is 4.25. The molecule has 1 fully saturated rings. The van der Waals surface area contributed by atoms with E-state index in [2.05, 4.69) is 32.7 Å². The third kappa shape index (κ3) is 3.09. The molecule has 0 radical (unpaired) electrons. The second-order valence-electron chi connectivity index (χ2n) is 5.60. The summed E-state index contributed by atoms with van der Waals surface area (Å²) in [6, 6.07) is 4.13. The number of aromatic nitrogens is 4. The Morgan fingerprint density at radius 3 is 2.67 bits per heavy atom. The van der Waals surface area contributed by atoms with E-state index >= 15 is 0 Å². The summed E-state index contributed by atoms with van der Waals surface area (Å²) in [4.78, 5) is 16.1. The first kappa shape index (κ1) is 13.7. The van der Waals surface area contributed by atoms with E-state index in [0.717, 1.165) is 12.8 Å². The molecule has 0 unspecified atom stereocenters. The van der Waals surface area contributed by atoms with Gasteiger partial charge in [0.05, 0.1) is 6.20 Å². The van der Waals surface area contributed by atoms with Gasteiger partial charge in [0.25, 0.3) is 0 Å². The molecule has 1 saturated carbocycles. The van der Waals surface area contributed by atoms with Crippen molar-refractivity contribution in [3.8, 4) is 0 Å². The summed E-state index contributed by atoms with van der Waals surface area (Å²) >= 11 is 0. The molecule has 0 atom stereocenters. The molecule has 0 spiro atoms. The van der Waals surface area contributed by atoms with Gasteiger partial charge in [-0.25, -0.2) is 4.68 Å². The molecule has 2 heterocycles. The van der Waals surface area contributed by atoms with Crippen LogP contribution < -0.4 is 5.32 Å². The Hall–Kier alpha value is -2.24. The van der Waals surface area contributed by atoms with E-state index < -0.39 is 0 Å². The van der Waals surface area contributed by atoms with E-state index in [4.69, 9.17) is 0 Å². The smallest absolute Gasteiger partial charge is 0.241 e. The average Bonchev–Trinajstić information content (AvgIpc) is 3.18. The highest BCUT2D eigenvalue weighted by Crippen LogP contribution is 2.40. The van der Waals surface area contributed by atoms with Crippen LogP contribution in [0.3, 0.4) is 0 Å². The van der Waals surface area contributed by atoms with Gasteiger partial charge in [-0.05, 0) is 30.5 Å². The number of rotatable bonds is 5. The van der Waals surface area contributed by atoms with Crippen molar-refractivity contribution >= 4 is 5.91 Å². The number of nitrogens with zero attached hydrogens (tertiary/aromatic N) is 4. The number of hydrogen-bond acceptors (Lipinski definition) is 4. The number of nitrogens with one attached hydrogen (secondary N) is 1. The van der Waals surface area contributed by atoms with Crippen LogP contribution in [0.4, 0.5) is 0 Å². The Balaban J connectivity index is 1.65. The molecule has 1 aliphatic carbocycles. The molecule has 21 heavy (non-hydrogen) atoms. The molecular weight excluding hydrogens is 266 g/mol. The van der Waals surface area contributed by atoms with Gasteiger partial charge in [0.15, 0.2) is 0 Å². The SMILES string of the molecule is O=C(Cn1ccnn1)NCC1(c2ccncc2)CCCC1. The van der Waals surface area contributed by atoms with E-state index in [1.54, 1.807) is 12.4 Å². The molecular formula is C15H19N5O. The molecule has 2 aromatic heterocycles. The van der Waals surface area contributed by atoms with Gasteiger partial charge < -0.3 is 5.32 Å². The minimum Gasteiger partial charge on any atom is -0.354 e. The molecule has 6 heteroatoms. The molecule has 0 saturated heterocycles. The second kappa shape index (κ2) is 6.03. The van der Waals surface area contributed by atoms with Gasteiger partial charge in [-0.1, -0.05) is 18.1 Å². The van der Waals surface area contributed by atoms with Gasteiger partial charge in [0.1, 0.15) is 6.54 Å². The lowest BCUT2D eigenvalue weighted by atomic mass is 9.79. The second-order valence-corrected chi connectivity index (χ2v) is 5.60. The molecule has 0 aliphatic heterocycles. The molecule has 1 aliphatic rings. The molecule has 6 nitrogen and oxygen atoms in total. The van der Waals surface area contributed by atoms with E-state index in [1.165, 1.54) is 23.1 Å². The lowest BCUT2D eigenvalue weighted by molar-refractivity contribution is -0.122. The molecule has 0 aromatic carbocycles. The van der Waals surface area contributed by atoms with Crippen LogP contribution >= 0.6 is 0 Å². The number of pyridine rings is 1. The highest BCUT2D eigenvalue weighted by atomic mass is 16.2. The minimum absolute atomic E-state index is 0.0270. The van der Waals surface area contributed by atoms with Crippen molar-refractivity contribution in [3.05, 3.63) is 42.5 Å².